The van der Waals surface area contributed by atoms with Gasteiger partial charge in [-0.05, 0) is 38.4 Å². The summed E-state index contributed by atoms with van der Waals surface area (Å²) >= 11 is 0. The van der Waals surface area contributed by atoms with Crippen molar-refractivity contribution >= 4 is 11.9 Å². The first kappa shape index (κ1) is 15.0. The van der Waals surface area contributed by atoms with Crippen molar-refractivity contribution in [3.63, 3.8) is 0 Å². The number of likely N-dealkylation sites (tertiary alicyclic amines) is 1. The van der Waals surface area contributed by atoms with Crippen LogP contribution in [0.4, 0.5) is 4.79 Å². The van der Waals surface area contributed by atoms with Crippen molar-refractivity contribution in [1.82, 2.24) is 20.5 Å². The molecule has 0 aromatic carbocycles. The Labute approximate surface area is 130 Å². The molecule has 2 aliphatic heterocycles. The Bertz CT molecular complexity index is 563. The number of imide groups is 1. The predicted molar refractivity (Wildman–Crippen MR) is 82.2 cm³/mol. The number of urea groups is 1. The lowest BCUT2D eigenvalue weighted by atomic mass is 9.80. The molecule has 118 valence electrons. The van der Waals surface area contributed by atoms with E-state index < -0.39 is 5.54 Å². The number of piperidine rings is 1. The van der Waals surface area contributed by atoms with Gasteiger partial charge in [0.1, 0.15) is 5.54 Å². The molecular formula is C16H22N4O2. The van der Waals surface area contributed by atoms with Crippen LogP contribution < -0.4 is 10.6 Å². The van der Waals surface area contributed by atoms with Crippen molar-refractivity contribution < 1.29 is 9.59 Å². The smallest absolute Gasteiger partial charge is 0.322 e. The zero-order valence-electron chi connectivity index (χ0n) is 12.8. The van der Waals surface area contributed by atoms with Gasteiger partial charge in [0.05, 0.1) is 0 Å². The van der Waals surface area contributed by atoms with E-state index in [9.17, 15) is 9.59 Å². The quantitative estimate of drug-likeness (QED) is 0.812. The normalized spacial score (nSPS) is 29.2. The van der Waals surface area contributed by atoms with E-state index in [-0.39, 0.29) is 17.9 Å². The maximum Gasteiger partial charge on any atom is 0.322 e. The fraction of sp³-hybridized carbons (Fsp3) is 0.562. The van der Waals surface area contributed by atoms with E-state index >= 15 is 0 Å². The number of hydrogen-bond donors (Lipinski definition) is 2. The van der Waals surface area contributed by atoms with Gasteiger partial charge in [0, 0.05) is 37.3 Å². The molecule has 1 aromatic heterocycles. The third-order valence-electron chi connectivity index (χ3n) is 4.80. The molecule has 6 nitrogen and oxygen atoms in total. The van der Waals surface area contributed by atoms with Crippen LogP contribution in [0.25, 0.3) is 0 Å². The lowest BCUT2D eigenvalue weighted by molar-refractivity contribution is -0.126. The molecule has 6 heteroatoms. The molecular weight excluding hydrogens is 280 g/mol. The van der Waals surface area contributed by atoms with E-state index in [1.165, 1.54) is 0 Å². The monoisotopic (exact) mass is 302 g/mol. The number of carbonyl (C=O) groups excluding carboxylic acids is 2. The molecule has 3 heterocycles. The molecule has 3 rings (SSSR count). The summed E-state index contributed by atoms with van der Waals surface area (Å²) in [5.41, 5.74) is 0.309. The number of rotatable bonds is 4. The number of amides is 3. The minimum absolute atomic E-state index is 0.149. The van der Waals surface area contributed by atoms with Crippen LogP contribution in [0, 0.1) is 5.92 Å². The second-order valence-electron chi connectivity index (χ2n) is 6.32. The van der Waals surface area contributed by atoms with Crippen LogP contribution in [0.3, 0.4) is 0 Å². The maximum atomic E-state index is 12.1. The van der Waals surface area contributed by atoms with Gasteiger partial charge in [-0.25, -0.2) is 4.79 Å². The van der Waals surface area contributed by atoms with Crippen molar-refractivity contribution in [2.45, 2.75) is 31.7 Å². The first-order chi connectivity index (χ1) is 10.6. The first-order valence-electron chi connectivity index (χ1n) is 7.84. The van der Waals surface area contributed by atoms with E-state index in [1.807, 2.05) is 31.3 Å². The molecule has 0 bridgehead atoms. The van der Waals surface area contributed by atoms with Gasteiger partial charge in [0.2, 0.25) is 0 Å². The highest BCUT2D eigenvalue weighted by Crippen LogP contribution is 2.29. The number of nitrogens with zero attached hydrogens (tertiary/aromatic N) is 2. The zero-order chi connectivity index (χ0) is 15.6. The Hall–Kier alpha value is -1.95. The summed E-state index contributed by atoms with van der Waals surface area (Å²) in [4.78, 5) is 30.2. The Balaban J connectivity index is 1.60. The summed E-state index contributed by atoms with van der Waals surface area (Å²) in [6.07, 6.45) is 4.73. The highest BCUT2D eigenvalue weighted by atomic mass is 16.2. The maximum absolute atomic E-state index is 12.1. The fourth-order valence-electron chi connectivity index (χ4n) is 3.39. The van der Waals surface area contributed by atoms with Crippen LogP contribution in [0.15, 0.2) is 24.4 Å². The lowest BCUT2D eigenvalue weighted by Crippen LogP contribution is -2.55. The molecule has 0 unspecified atom stereocenters. The Morgan fingerprint density at radius 2 is 2.27 bits per heavy atom. The lowest BCUT2D eigenvalue weighted by Gasteiger charge is -2.39. The van der Waals surface area contributed by atoms with Crippen molar-refractivity contribution in [3.05, 3.63) is 30.1 Å². The van der Waals surface area contributed by atoms with Crippen LogP contribution in [0.2, 0.25) is 0 Å². The van der Waals surface area contributed by atoms with Gasteiger partial charge in [0.25, 0.3) is 5.91 Å². The third kappa shape index (κ3) is 2.97. The third-order valence-corrected chi connectivity index (χ3v) is 4.80. The molecule has 0 aliphatic carbocycles. The number of pyridine rings is 1. The van der Waals surface area contributed by atoms with E-state index in [2.05, 4.69) is 20.5 Å². The highest BCUT2D eigenvalue weighted by molar-refractivity contribution is 6.06. The van der Waals surface area contributed by atoms with Gasteiger partial charge in [0.15, 0.2) is 0 Å². The van der Waals surface area contributed by atoms with E-state index in [0.717, 1.165) is 44.6 Å². The average molecular weight is 302 g/mol. The van der Waals surface area contributed by atoms with Gasteiger partial charge < -0.3 is 10.2 Å². The molecule has 2 N–H and O–H groups in total. The summed E-state index contributed by atoms with van der Waals surface area (Å²) in [5.74, 6) is -0.0505. The molecule has 22 heavy (non-hydrogen) atoms. The van der Waals surface area contributed by atoms with Crippen LogP contribution in [0.1, 0.15) is 25.5 Å². The summed E-state index contributed by atoms with van der Waals surface area (Å²) in [5, 5.41) is 5.17. The largest absolute Gasteiger partial charge is 0.323 e. The average Bonchev–Trinajstić information content (AvgIpc) is 2.80. The summed E-state index contributed by atoms with van der Waals surface area (Å²) in [6, 6.07) is 5.58. The molecule has 1 aromatic rings. The summed E-state index contributed by atoms with van der Waals surface area (Å²) in [6.45, 7) is 4.63. The topological polar surface area (TPSA) is 74.3 Å². The second kappa shape index (κ2) is 6.04. The number of carbonyl (C=O) groups is 2. The molecule has 2 saturated heterocycles. The minimum Gasteiger partial charge on any atom is -0.323 e. The standard InChI is InChI=1S/C16H22N4O2/c1-16(14(21)18-15(22)19-16)12-5-4-9-20(11-12)10-7-13-6-2-3-8-17-13/h2-3,6,8,12H,4-5,7,9-11H2,1H3,(H2,18,19,21,22)/t12-,16+/m0/s1. The van der Waals surface area contributed by atoms with Crippen LogP contribution in [0.5, 0.6) is 0 Å². The van der Waals surface area contributed by atoms with Crippen LogP contribution >= 0.6 is 0 Å². The van der Waals surface area contributed by atoms with Crippen molar-refractivity contribution in [2.75, 3.05) is 19.6 Å². The minimum atomic E-state index is -0.777. The summed E-state index contributed by atoms with van der Waals surface area (Å²) < 4.78 is 0. The second-order valence-corrected chi connectivity index (χ2v) is 6.32. The molecule has 2 fully saturated rings. The van der Waals surface area contributed by atoms with E-state index in [4.69, 9.17) is 0 Å². The van der Waals surface area contributed by atoms with E-state index in [0.29, 0.717) is 0 Å². The van der Waals surface area contributed by atoms with Gasteiger partial charge in [-0.2, -0.15) is 0 Å². The highest BCUT2D eigenvalue weighted by Gasteiger charge is 2.48. The van der Waals surface area contributed by atoms with Crippen molar-refractivity contribution in [2.24, 2.45) is 5.92 Å². The van der Waals surface area contributed by atoms with Gasteiger partial charge in [-0.3, -0.25) is 15.1 Å². The Morgan fingerprint density at radius 1 is 1.41 bits per heavy atom. The molecule has 0 saturated carbocycles. The molecule has 0 radical (unpaired) electrons. The van der Waals surface area contributed by atoms with Crippen LogP contribution in [-0.4, -0.2) is 47.0 Å². The van der Waals surface area contributed by atoms with Gasteiger partial charge >= 0.3 is 6.03 Å². The molecule has 2 atom stereocenters. The van der Waals surface area contributed by atoms with Gasteiger partial charge in [-0.15, -0.1) is 0 Å². The van der Waals surface area contributed by atoms with Crippen molar-refractivity contribution in [1.29, 1.82) is 0 Å². The predicted octanol–water partition coefficient (Wildman–Crippen LogP) is 0.934. The fourth-order valence-corrected chi connectivity index (χ4v) is 3.39. The van der Waals surface area contributed by atoms with Crippen LogP contribution in [-0.2, 0) is 11.2 Å². The molecule has 0 spiro atoms. The first-order valence-corrected chi connectivity index (χ1v) is 7.84. The molecule has 3 amide bonds. The Kier molecular flexibility index (Phi) is 4.11. The zero-order valence-corrected chi connectivity index (χ0v) is 12.8. The van der Waals surface area contributed by atoms with Gasteiger partial charge in [-0.1, -0.05) is 6.07 Å². The summed E-state index contributed by atoms with van der Waals surface area (Å²) in [7, 11) is 0. The SMILES string of the molecule is C[C@]1([C@H]2CCCN(CCc3ccccn3)C2)NC(=O)NC1=O. The number of hydrogen-bond acceptors (Lipinski definition) is 4. The number of nitrogens with one attached hydrogen (secondary N) is 2. The van der Waals surface area contributed by atoms with Crippen molar-refractivity contribution in [3.8, 4) is 0 Å². The molecule has 2 aliphatic rings. The van der Waals surface area contributed by atoms with E-state index in [1.54, 1.807) is 0 Å². The number of aromatic nitrogens is 1. The Morgan fingerprint density at radius 3 is 2.95 bits per heavy atom.